The first-order chi connectivity index (χ1) is 8.80. The molecular weight excluding hydrogens is 233 g/mol. The molecule has 0 spiro atoms. The van der Waals surface area contributed by atoms with Crippen LogP contribution in [0.4, 0.5) is 4.39 Å². The largest absolute Gasteiger partial charge is 0.352 e. The van der Waals surface area contributed by atoms with Crippen LogP contribution in [0, 0.1) is 0 Å². The van der Waals surface area contributed by atoms with Crippen molar-refractivity contribution in [3.63, 3.8) is 0 Å². The third kappa shape index (κ3) is 5.58. The molecule has 4 heteroatoms. The van der Waals surface area contributed by atoms with Crippen molar-refractivity contribution in [2.24, 2.45) is 0 Å². The predicted molar refractivity (Wildman–Crippen MR) is 70.0 cm³/mol. The summed E-state index contributed by atoms with van der Waals surface area (Å²) in [5.41, 5.74) is 1.83. The predicted octanol–water partition coefficient (Wildman–Crippen LogP) is 2.64. The minimum absolute atomic E-state index is 0.204. The molecule has 1 N–H and O–H groups in total. The normalized spacial score (nSPS) is 11.1. The number of rotatable bonds is 9. The summed E-state index contributed by atoms with van der Waals surface area (Å²) in [6, 6.07) is 7.47. The molecule has 1 aromatic rings. The van der Waals surface area contributed by atoms with Gasteiger partial charge in [0.05, 0.1) is 0 Å². The van der Waals surface area contributed by atoms with Crippen LogP contribution < -0.4 is 5.32 Å². The van der Waals surface area contributed by atoms with E-state index in [1.807, 2.05) is 26.0 Å². The third-order valence-electron chi connectivity index (χ3n) is 2.52. The van der Waals surface area contributed by atoms with Gasteiger partial charge >= 0.3 is 0 Å². The average molecular weight is 255 g/mol. The molecule has 0 aliphatic carbocycles. The second-order valence-corrected chi connectivity index (χ2v) is 3.92. The van der Waals surface area contributed by atoms with Crippen LogP contribution in [0.25, 0.3) is 0 Å². The Morgan fingerprint density at radius 3 is 2.11 bits per heavy atom. The van der Waals surface area contributed by atoms with Crippen LogP contribution in [-0.4, -0.2) is 26.0 Å². The van der Waals surface area contributed by atoms with E-state index in [0.29, 0.717) is 25.3 Å². The van der Waals surface area contributed by atoms with Gasteiger partial charge in [-0.2, -0.15) is 0 Å². The van der Waals surface area contributed by atoms with Gasteiger partial charge in [-0.15, -0.1) is 0 Å². The number of hydrogen-bond donors (Lipinski definition) is 1. The summed E-state index contributed by atoms with van der Waals surface area (Å²) in [5, 5.41) is 3.27. The molecule has 0 bridgehead atoms. The van der Waals surface area contributed by atoms with E-state index in [1.165, 1.54) is 0 Å². The molecule has 0 saturated carbocycles. The fraction of sp³-hybridized carbons (Fsp3) is 0.571. The summed E-state index contributed by atoms with van der Waals surface area (Å²) in [4.78, 5) is 0. The molecule has 0 aliphatic heterocycles. The van der Waals surface area contributed by atoms with Gasteiger partial charge in [-0.25, -0.2) is 4.39 Å². The van der Waals surface area contributed by atoms with Gasteiger partial charge in [0.1, 0.15) is 6.67 Å². The van der Waals surface area contributed by atoms with E-state index in [4.69, 9.17) is 9.47 Å². The Bertz CT molecular complexity index is 310. The number of alkyl halides is 1. The van der Waals surface area contributed by atoms with Crippen molar-refractivity contribution in [2.75, 3.05) is 19.8 Å². The number of ether oxygens (including phenoxy) is 2. The fourth-order valence-electron chi connectivity index (χ4n) is 1.62. The Balaban J connectivity index is 2.30. The van der Waals surface area contributed by atoms with Crippen LogP contribution in [0.2, 0.25) is 0 Å². The van der Waals surface area contributed by atoms with Gasteiger partial charge in [0.2, 0.25) is 0 Å². The summed E-state index contributed by atoms with van der Waals surface area (Å²) in [7, 11) is 0. The summed E-state index contributed by atoms with van der Waals surface area (Å²) in [5.74, 6) is 0. The summed E-state index contributed by atoms with van der Waals surface area (Å²) in [6.45, 7) is 6.12. The van der Waals surface area contributed by atoms with Crippen LogP contribution in [0.15, 0.2) is 24.3 Å². The van der Waals surface area contributed by atoms with Gasteiger partial charge in [0, 0.05) is 26.3 Å². The van der Waals surface area contributed by atoms with Crippen LogP contribution in [0.1, 0.15) is 25.0 Å². The topological polar surface area (TPSA) is 30.5 Å². The van der Waals surface area contributed by atoms with Crippen LogP contribution in [0.3, 0.4) is 0 Å². The molecule has 3 nitrogen and oxygen atoms in total. The Hall–Kier alpha value is -0.970. The first-order valence-electron chi connectivity index (χ1n) is 6.37. The highest BCUT2D eigenvalue weighted by molar-refractivity contribution is 5.21. The maximum absolute atomic E-state index is 12.3. The highest BCUT2D eigenvalue weighted by atomic mass is 19.1. The molecule has 0 atom stereocenters. The van der Waals surface area contributed by atoms with E-state index in [1.54, 1.807) is 12.1 Å². The van der Waals surface area contributed by atoms with Crippen molar-refractivity contribution in [3.05, 3.63) is 35.4 Å². The lowest BCUT2D eigenvalue weighted by Gasteiger charge is -2.17. The minimum atomic E-state index is -0.412. The maximum atomic E-state index is 12.3. The molecule has 0 fully saturated rings. The number of benzene rings is 1. The number of nitrogens with one attached hydrogen (secondary N) is 1. The Morgan fingerprint density at radius 2 is 1.61 bits per heavy atom. The Kier molecular flexibility index (Phi) is 7.57. The smallest absolute Gasteiger partial charge is 0.169 e. The fourth-order valence-corrected chi connectivity index (χ4v) is 1.62. The minimum Gasteiger partial charge on any atom is -0.352 e. The average Bonchev–Trinajstić information content (AvgIpc) is 2.40. The molecule has 0 aromatic heterocycles. The summed E-state index contributed by atoms with van der Waals surface area (Å²) >= 11 is 0. The summed E-state index contributed by atoms with van der Waals surface area (Å²) in [6.07, 6.45) is -0.204. The zero-order valence-electron chi connectivity index (χ0n) is 11.1. The van der Waals surface area contributed by atoms with Gasteiger partial charge in [-0.05, 0) is 25.0 Å². The highest BCUT2D eigenvalue weighted by Gasteiger charge is 2.06. The number of hydrogen-bond acceptors (Lipinski definition) is 3. The maximum Gasteiger partial charge on any atom is 0.169 e. The molecule has 18 heavy (non-hydrogen) atoms. The van der Waals surface area contributed by atoms with E-state index < -0.39 is 6.67 Å². The third-order valence-corrected chi connectivity index (χ3v) is 2.52. The molecule has 0 heterocycles. The van der Waals surface area contributed by atoms with Gasteiger partial charge < -0.3 is 14.8 Å². The first kappa shape index (κ1) is 15.1. The first-order valence-corrected chi connectivity index (χ1v) is 6.37. The van der Waals surface area contributed by atoms with Crippen LogP contribution in [0.5, 0.6) is 0 Å². The van der Waals surface area contributed by atoms with Crippen molar-refractivity contribution in [3.8, 4) is 0 Å². The SMILES string of the molecule is CCOC(CNCc1ccc(CF)cc1)OCC. The lowest BCUT2D eigenvalue weighted by molar-refractivity contribution is -0.133. The standard InChI is InChI=1S/C14H22FNO2/c1-3-17-14(18-4-2)11-16-10-13-7-5-12(9-15)6-8-13/h5-8,14,16H,3-4,9-11H2,1-2H3. The molecule has 0 aliphatic rings. The van der Waals surface area contributed by atoms with E-state index in [9.17, 15) is 4.39 Å². The van der Waals surface area contributed by atoms with Crippen molar-refractivity contribution in [1.82, 2.24) is 5.32 Å². The van der Waals surface area contributed by atoms with Gasteiger partial charge in [-0.1, -0.05) is 24.3 Å². The molecular formula is C14H22FNO2. The van der Waals surface area contributed by atoms with Gasteiger partial charge in [0.25, 0.3) is 0 Å². The molecule has 1 aromatic carbocycles. The molecule has 0 radical (unpaired) electrons. The van der Waals surface area contributed by atoms with Gasteiger partial charge in [0.15, 0.2) is 6.29 Å². The van der Waals surface area contributed by atoms with Crippen LogP contribution in [-0.2, 0) is 22.7 Å². The van der Waals surface area contributed by atoms with Crippen molar-refractivity contribution < 1.29 is 13.9 Å². The zero-order chi connectivity index (χ0) is 13.2. The quantitative estimate of drug-likeness (QED) is 0.688. The van der Waals surface area contributed by atoms with Crippen molar-refractivity contribution >= 4 is 0 Å². The zero-order valence-corrected chi connectivity index (χ0v) is 11.1. The Labute approximate surface area is 108 Å². The second-order valence-electron chi connectivity index (χ2n) is 3.92. The van der Waals surface area contributed by atoms with Crippen LogP contribution >= 0.6 is 0 Å². The molecule has 0 saturated heterocycles. The lowest BCUT2D eigenvalue weighted by Crippen LogP contribution is -2.31. The second kappa shape index (κ2) is 9.03. The monoisotopic (exact) mass is 255 g/mol. The molecule has 0 unspecified atom stereocenters. The molecule has 102 valence electrons. The van der Waals surface area contributed by atoms with Crippen molar-refractivity contribution in [2.45, 2.75) is 33.4 Å². The summed E-state index contributed by atoms with van der Waals surface area (Å²) < 4.78 is 23.2. The van der Waals surface area contributed by atoms with Gasteiger partial charge in [-0.3, -0.25) is 0 Å². The highest BCUT2D eigenvalue weighted by Crippen LogP contribution is 2.05. The van der Waals surface area contributed by atoms with Crippen molar-refractivity contribution in [1.29, 1.82) is 0 Å². The number of halogens is 1. The lowest BCUT2D eigenvalue weighted by atomic mass is 10.1. The van der Waals surface area contributed by atoms with E-state index in [-0.39, 0.29) is 6.29 Å². The van der Waals surface area contributed by atoms with E-state index >= 15 is 0 Å². The molecule has 1 rings (SSSR count). The molecule has 0 amide bonds. The van der Waals surface area contributed by atoms with E-state index in [0.717, 1.165) is 12.1 Å². The Morgan fingerprint density at radius 1 is 1.06 bits per heavy atom. The van der Waals surface area contributed by atoms with E-state index in [2.05, 4.69) is 5.32 Å².